The Hall–Kier alpha value is -4.33. The molecule has 2 N–H and O–H groups in total. The molecule has 3 rings (SSSR count). The number of carbonyl (C=O) groups excluding carboxylic acids is 3. The Bertz CT molecular complexity index is 1190. The van der Waals surface area contributed by atoms with Crippen molar-refractivity contribution in [1.82, 2.24) is 0 Å². The van der Waals surface area contributed by atoms with Crippen molar-refractivity contribution in [2.24, 2.45) is 0 Å². The quantitative estimate of drug-likeness (QED) is 0.523. The first kappa shape index (κ1) is 23.3. The van der Waals surface area contributed by atoms with Crippen LogP contribution in [-0.4, -0.2) is 39.1 Å². The zero-order valence-corrected chi connectivity index (χ0v) is 18.7. The van der Waals surface area contributed by atoms with Crippen molar-refractivity contribution in [2.75, 3.05) is 32.0 Å². The highest BCUT2D eigenvalue weighted by atomic mass is 16.5. The Morgan fingerprint density at radius 1 is 0.667 bits per heavy atom. The van der Waals surface area contributed by atoms with Gasteiger partial charge < -0.3 is 24.8 Å². The number of aryl methyl sites for hydroxylation is 1. The number of nitrogens with one attached hydrogen (secondary N) is 2. The Morgan fingerprint density at radius 2 is 1.27 bits per heavy atom. The summed E-state index contributed by atoms with van der Waals surface area (Å²) in [6.45, 7) is 1.85. The monoisotopic (exact) mass is 448 g/mol. The van der Waals surface area contributed by atoms with Crippen LogP contribution in [0.4, 0.5) is 11.4 Å². The van der Waals surface area contributed by atoms with E-state index in [0.29, 0.717) is 39.6 Å². The van der Waals surface area contributed by atoms with Gasteiger partial charge in [0.1, 0.15) is 0 Å². The number of benzene rings is 3. The molecule has 170 valence electrons. The molecule has 0 aliphatic heterocycles. The summed E-state index contributed by atoms with van der Waals surface area (Å²) in [5.41, 5.74) is 3.00. The molecule has 0 heterocycles. The van der Waals surface area contributed by atoms with Crippen molar-refractivity contribution < 1.29 is 28.6 Å². The first-order valence-electron chi connectivity index (χ1n) is 10.00. The van der Waals surface area contributed by atoms with E-state index >= 15 is 0 Å². The summed E-state index contributed by atoms with van der Waals surface area (Å²) in [5.74, 6) is -0.195. The maximum atomic E-state index is 12.8. The number of carbonyl (C=O) groups is 3. The average Bonchev–Trinajstić information content (AvgIpc) is 2.85. The van der Waals surface area contributed by atoms with Crippen LogP contribution in [0.5, 0.6) is 11.5 Å². The second-order valence-electron chi connectivity index (χ2n) is 7.08. The summed E-state index contributed by atoms with van der Waals surface area (Å²) in [6, 6.07) is 16.2. The Kier molecular flexibility index (Phi) is 7.30. The molecule has 0 aliphatic rings. The van der Waals surface area contributed by atoms with Gasteiger partial charge in [-0.3, -0.25) is 9.59 Å². The molecule has 8 nitrogen and oxygen atoms in total. The molecule has 0 saturated heterocycles. The molecule has 0 aromatic heterocycles. The minimum absolute atomic E-state index is 0.332. The molecule has 0 bridgehead atoms. The molecule has 8 heteroatoms. The van der Waals surface area contributed by atoms with Gasteiger partial charge in [0.2, 0.25) is 0 Å². The van der Waals surface area contributed by atoms with Crippen LogP contribution in [-0.2, 0) is 4.74 Å². The lowest BCUT2D eigenvalue weighted by atomic mass is 10.1. The lowest BCUT2D eigenvalue weighted by Gasteiger charge is -2.13. The minimum atomic E-state index is -0.477. The van der Waals surface area contributed by atoms with E-state index in [9.17, 15) is 14.4 Å². The van der Waals surface area contributed by atoms with Gasteiger partial charge in [-0.15, -0.1) is 0 Å². The fourth-order valence-corrected chi connectivity index (χ4v) is 3.09. The number of amides is 2. The van der Waals surface area contributed by atoms with E-state index in [-0.39, 0.29) is 11.8 Å². The smallest absolute Gasteiger partial charge is 0.337 e. The maximum Gasteiger partial charge on any atom is 0.337 e. The zero-order valence-electron chi connectivity index (χ0n) is 18.7. The highest BCUT2D eigenvalue weighted by Gasteiger charge is 2.14. The molecule has 33 heavy (non-hydrogen) atoms. The maximum absolute atomic E-state index is 12.8. The van der Waals surface area contributed by atoms with Crippen LogP contribution in [0.3, 0.4) is 0 Å². The largest absolute Gasteiger partial charge is 0.493 e. The second-order valence-corrected chi connectivity index (χ2v) is 7.08. The molecule has 0 aliphatic carbocycles. The highest BCUT2D eigenvalue weighted by Crippen LogP contribution is 2.28. The first-order chi connectivity index (χ1) is 15.9. The number of ether oxygens (including phenoxy) is 3. The molecule has 3 aromatic carbocycles. The first-order valence-corrected chi connectivity index (χ1v) is 10.00. The number of hydrogen-bond donors (Lipinski definition) is 2. The Balaban J connectivity index is 1.75. The van der Waals surface area contributed by atoms with Gasteiger partial charge in [-0.05, 0) is 67.1 Å². The summed E-state index contributed by atoms with van der Waals surface area (Å²) in [4.78, 5) is 36.9. The molecule has 3 aromatic rings. The van der Waals surface area contributed by atoms with Crippen molar-refractivity contribution in [3.63, 3.8) is 0 Å². The number of rotatable bonds is 7. The van der Waals surface area contributed by atoms with E-state index in [1.54, 1.807) is 36.4 Å². The van der Waals surface area contributed by atoms with Crippen LogP contribution in [0.2, 0.25) is 0 Å². The third-order valence-corrected chi connectivity index (χ3v) is 4.96. The molecule has 2 amide bonds. The SMILES string of the molecule is COC(=O)c1ccc(C(=O)Nc2ccc(C)c(NC(=O)c3ccc(OC)c(OC)c3)c2)cc1. The van der Waals surface area contributed by atoms with Crippen molar-refractivity contribution >= 4 is 29.2 Å². The van der Waals surface area contributed by atoms with Crippen LogP contribution in [0, 0.1) is 6.92 Å². The van der Waals surface area contributed by atoms with Gasteiger partial charge >= 0.3 is 5.97 Å². The van der Waals surface area contributed by atoms with Crippen LogP contribution in [0.1, 0.15) is 36.6 Å². The summed E-state index contributed by atoms with van der Waals surface area (Å²) >= 11 is 0. The normalized spacial score (nSPS) is 10.2. The molecular weight excluding hydrogens is 424 g/mol. The Labute approximate surface area is 191 Å². The highest BCUT2D eigenvalue weighted by molar-refractivity contribution is 6.07. The van der Waals surface area contributed by atoms with Crippen LogP contribution in [0.15, 0.2) is 60.7 Å². The van der Waals surface area contributed by atoms with E-state index in [4.69, 9.17) is 9.47 Å². The number of anilines is 2. The number of hydrogen-bond acceptors (Lipinski definition) is 6. The van der Waals surface area contributed by atoms with Gasteiger partial charge in [0.15, 0.2) is 11.5 Å². The van der Waals surface area contributed by atoms with Gasteiger partial charge in [0.05, 0.1) is 26.9 Å². The Morgan fingerprint density at radius 3 is 1.91 bits per heavy atom. The minimum Gasteiger partial charge on any atom is -0.493 e. The molecule has 0 unspecified atom stereocenters. The molecule has 0 saturated carbocycles. The average molecular weight is 448 g/mol. The summed E-state index contributed by atoms with van der Waals surface area (Å²) in [7, 11) is 4.31. The van der Waals surface area contributed by atoms with E-state index in [2.05, 4.69) is 15.4 Å². The fraction of sp³-hybridized carbons (Fsp3) is 0.160. The summed E-state index contributed by atoms with van der Waals surface area (Å²) in [5, 5.41) is 5.65. The van der Waals surface area contributed by atoms with E-state index in [1.165, 1.54) is 45.6 Å². The standard InChI is InChI=1S/C25H24N2O6/c1-15-5-11-19(26-23(28)16-6-8-17(9-7-16)25(30)33-4)14-20(15)27-24(29)18-10-12-21(31-2)22(13-18)32-3/h5-14H,1-4H3,(H,26,28)(H,27,29). The van der Waals surface area contributed by atoms with E-state index in [0.717, 1.165) is 5.56 Å². The van der Waals surface area contributed by atoms with E-state index in [1.807, 2.05) is 6.92 Å². The topological polar surface area (TPSA) is 103 Å². The van der Waals surface area contributed by atoms with Crippen LogP contribution in [0.25, 0.3) is 0 Å². The van der Waals surface area contributed by atoms with Crippen molar-refractivity contribution in [2.45, 2.75) is 6.92 Å². The van der Waals surface area contributed by atoms with Crippen molar-refractivity contribution in [1.29, 1.82) is 0 Å². The lowest BCUT2D eigenvalue weighted by molar-refractivity contribution is 0.0600. The van der Waals surface area contributed by atoms with Crippen LogP contribution < -0.4 is 20.1 Å². The fourth-order valence-electron chi connectivity index (χ4n) is 3.09. The summed E-state index contributed by atoms with van der Waals surface area (Å²) in [6.07, 6.45) is 0. The van der Waals surface area contributed by atoms with Gasteiger partial charge in [0.25, 0.3) is 11.8 Å². The third kappa shape index (κ3) is 5.48. The van der Waals surface area contributed by atoms with Gasteiger partial charge in [-0.1, -0.05) is 6.07 Å². The van der Waals surface area contributed by atoms with Crippen molar-refractivity contribution in [3.05, 3.63) is 82.9 Å². The molecule has 0 fully saturated rings. The van der Waals surface area contributed by atoms with Crippen LogP contribution >= 0.6 is 0 Å². The summed E-state index contributed by atoms with van der Waals surface area (Å²) < 4.78 is 15.1. The molecule has 0 spiro atoms. The van der Waals surface area contributed by atoms with Gasteiger partial charge in [0, 0.05) is 22.5 Å². The number of methoxy groups -OCH3 is 3. The van der Waals surface area contributed by atoms with E-state index < -0.39 is 5.97 Å². The third-order valence-electron chi connectivity index (χ3n) is 4.96. The van der Waals surface area contributed by atoms with Gasteiger partial charge in [-0.25, -0.2) is 4.79 Å². The zero-order chi connectivity index (χ0) is 24.0. The molecule has 0 atom stereocenters. The predicted molar refractivity (Wildman–Crippen MR) is 124 cm³/mol. The number of esters is 1. The van der Waals surface area contributed by atoms with Crippen molar-refractivity contribution in [3.8, 4) is 11.5 Å². The second kappa shape index (κ2) is 10.3. The lowest BCUT2D eigenvalue weighted by Crippen LogP contribution is -2.15. The van der Waals surface area contributed by atoms with Gasteiger partial charge in [-0.2, -0.15) is 0 Å². The molecular formula is C25H24N2O6. The molecule has 0 radical (unpaired) electrons. The predicted octanol–water partition coefficient (Wildman–Crippen LogP) is 4.30.